The van der Waals surface area contributed by atoms with E-state index in [0.29, 0.717) is 44.8 Å². The van der Waals surface area contributed by atoms with Crippen molar-refractivity contribution in [1.82, 2.24) is 19.7 Å². The molecule has 0 N–H and O–H groups in total. The Kier molecular flexibility index (Phi) is 5.87. The second-order valence-corrected chi connectivity index (χ2v) is 8.37. The van der Waals surface area contributed by atoms with Crippen molar-refractivity contribution in [2.24, 2.45) is 0 Å². The number of rotatable bonds is 5. The zero-order valence-electron chi connectivity index (χ0n) is 16.5. The van der Waals surface area contributed by atoms with Gasteiger partial charge in [-0.2, -0.15) is 0 Å². The van der Waals surface area contributed by atoms with Gasteiger partial charge in [0.2, 0.25) is 5.91 Å². The molecule has 2 amide bonds. The van der Waals surface area contributed by atoms with Crippen molar-refractivity contribution < 1.29 is 9.59 Å². The van der Waals surface area contributed by atoms with E-state index in [-0.39, 0.29) is 11.8 Å². The molecule has 6 nitrogen and oxygen atoms in total. The molecule has 7 heteroatoms. The molecule has 0 bridgehead atoms. The molecule has 2 aromatic carbocycles. The molecule has 2 heterocycles. The number of hydrogen-bond donors (Lipinski definition) is 0. The first-order valence-corrected chi connectivity index (χ1v) is 10.6. The van der Waals surface area contributed by atoms with Crippen molar-refractivity contribution in [1.29, 1.82) is 0 Å². The summed E-state index contributed by atoms with van der Waals surface area (Å²) in [4.78, 5) is 35.5. The van der Waals surface area contributed by atoms with E-state index in [1.165, 1.54) is 0 Å². The number of carbonyl (C=O) groups excluding carboxylic acids is 2. The molecule has 150 valence electrons. The molecule has 1 aliphatic rings. The standard InChI is InChI=1S/C22H24N4O2S/c1-24(15-20-23-18-9-5-6-10-19(18)29-20)21(27)16-25-11-13-26(14-12-25)22(28)17-7-3-2-4-8-17/h2-10H,11-16H2,1H3. The van der Waals surface area contributed by atoms with E-state index in [1.807, 2.05) is 60.5 Å². The fourth-order valence-electron chi connectivity index (χ4n) is 3.46. The third kappa shape index (κ3) is 4.63. The number of hydrogen-bond acceptors (Lipinski definition) is 5. The zero-order valence-corrected chi connectivity index (χ0v) is 17.3. The predicted molar refractivity (Wildman–Crippen MR) is 115 cm³/mol. The van der Waals surface area contributed by atoms with E-state index in [9.17, 15) is 9.59 Å². The van der Waals surface area contributed by atoms with Crippen LogP contribution in [0, 0.1) is 0 Å². The highest BCUT2D eigenvalue weighted by Crippen LogP contribution is 2.22. The molecule has 3 aromatic rings. The Morgan fingerprint density at radius 1 is 1.00 bits per heavy atom. The average Bonchev–Trinajstić information content (AvgIpc) is 3.16. The third-order valence-electron chi connectivity index (χ3n) is 5.18. The lowest BCUT2D eigenvalue weighted by Gasteiger charge is -2.35. The SMILES string of the molecule is CN(Cc1nc2ccccc2s1)C(=O)CN1CCN(C(=O)c2ccccc2)CC1. The molecule has 0 spiro atoms. The molecule has 0 unspecified atom stereocenters. The van der Waals surface area contributed by atoms with Crippen molar-refractivity contribution in [3.05, 3.63) is 65.2 Å². The van der Waals surface area contributed by atoms with Crippen LogP contribution in [0.3, 0.4) is 0 Å². The van der Waals surface area contributed by atoms with Gasteiger partial charge in [0.15, 0.2) is 0 Å². The molecular formula is C22H24N4O2S. The van der Waals surface area contributed by atoms with E-state index < -0.39 is 0 Å². The summed E-state index contributed by atoms with van der Waals surface area (Å²) in [5.74, 6) is 0.136. The van der Waals surface area contributed by atoms with Gasteiger partial charge in [0.1, 0.15) is 5.01 Å². The number of likely N-dealkylation sites (N-methyl/N-ethyl adjacent to an activating group) is 1. The lowest BCUT2D eigenvalue weighted by molar-refractivity contribution is -0.132. The summed E-state index contributed by atoms with van der Waals surface area (Å²) in [5.41, 5.74) is 1.69. The van der Waals surface area contributed by atoms with Crippen molar-refractivity contribution in [3.8, 4) is 0 Å². The number of aromatic nitrogens is 1. The third-order valence-corrected chi connectivity index (χ3v) is 6.20. The minimum atomic E-state index is 0.0598. The Morgan fingerprint density at radius 2 is 1.69 bits per heavy atom. The van der Waals surface area contributed by atoms with Crippen LogP contribution in [0.1, 0.15) is 15.4 Å². The molecule has 1 saturated heterocycles. The number of piperazine rings is 1. The highest BCUT2D eigenvalue weighted by Gasteiger charge is 2.24. The smallest absolute Gasteiger partial charge is 0.253 e. The maximum Gasteiger partial charge on any atom is 0.253 e. The Bertz CT molecular complexity index is 963. The maximum atomic E-state index is 12.6. The maximum absolute atomic E-state index is 12.6. The van der Waals surface area contributed by atoms with Crippen LogP contribution < -0.4 is 0 Å². The Hall–Kier alpha value is -2.77. The van der Waals surface area contributed by atoms with Crippen LogP contribution in [0.25, 0.3) is 10.2 Å². The molecule has 0 atom stereocenters. The quantitative estimate of drug-likeness (QED) is 0.651. The van der Waals surface area contributed by atoms with Crippen LogP contribution in [0.4, 0.5) is 0 Å². The summed E-state index contributed by atoms with van der Waals surface area (Å²) in [6, 6.07) is 17.4. The van der Waals surface area contributed by atoms with Gasteiger partial charge >= 0.3 is 0 Å². The first-order chi connectivity index (χ1) is 14.1. The molecule has 29 heavy (non-hydrogen) atoms. The highest BCUT2D eigenvalue weighted by molar-refractivity contribution is 7.18. The summed E-state index contributed by atoms with van der Waals surface area (Å²) in [6.45, 7) is 3.59. The molecule has 4 rings (SSSR count). The van der Waals surface area contributed by atoms with Crippen molar-refractivity contribution >= 4 is 33.4 Å². The van der Waals surface area contributed by atoms with E-state index in [1.54, 1.807) is 16.2 Å². The van der Waals surface area contributed by atoms with Crippen LogP contribution >= 0.6 is 11.3 Å². The minimum Gasteiger partial charge on any atom is -0.338 e. The van der Waals surface area contributed by atoms with Crippen molar-refractivity contribution in [3.63, 3.8) is 0 Å². The second kappa shape index (κ2) is 8.71. The summed E-state index contributed by atoms with van der Waals surface area (Å²) in [6.07, 6.45) is 0. The Morgan fingerprint density at radius 3 is 2.41 bits per heavy atom. The van der Waals surface area contributed by atoms with Gasteiger partial charge in [0, 0.05) is 38.8 Å². The van der Waals surface area contributed by atoms with Crippen LogP contribution in [0.15, 0.2) is 54.6 Å². The second-order valence-electron chi connectivity index (χ2n) is 7.26. The largest absolute Gasteiger partial charge is 0.338 e. The summed E-state index contributed by atoms with van der Waals surface area (Å²) in [7, 11) is 1.82. The van der Waals surface area contributed by atoms with E-state index >= 15 is 0 Å². The number of carbonyl (C=O) groups is 2. The summed E-state index contributed by atoms with van der Waals surface area (Å²) in [5, 5.41) is 0.945. The van der Waals surface area contributed by atoms with E-state index in [2.05, 4.69) is 16.0 Å². The zero-order chi connectivity index (χ0) is 20.2. The fraction of sp³-hybridized carbons (Fsp3) is 0.318. The van der Waals surface area contributed by atoms with Gasteiger partial charge in [-0.1, -0.05) is 30.3 Å². The Labute approximate surface area is 174 Å². The molecule has 0 aliphatic carbocycles. The number of para-hydroxylation sites is 1. The van der Waals surface area contributed by atoms with Gasteiger partial charge in [-0.3, -0.25) is 14.5 Å². The molecular weight excluding hydrogens is 384 g/mol. The normalized spacial score (nSPS) is 14.9. The average molecular weight is 409 g/mol. The van der Waals surface area contributed by atoms with Crippen molar-refractivity contribution in [2.75, 3.05) is 39.8 Å². The molecule has 1 aromatic heterocycles. The number of amides is 2. The molecule has 0 saturated carbocycles. The lowest BCUT2D eigenvalue weighted by atomic mass is 10.2. The summed E-state index contributed by atoms with van der Waals surface area (Å²) < 4.78 is 1.14. The minimum absolute atomic E-state index is 0.0598. The van der Waals surface area contributed by atoms with Gasteiger partial charge in [0.05, 0.1) is 23.3 Å². The lowest BCUT2D eigenvalue weighted by Crippen LogP contribution is -2.51. The van der Waals surface area contributed by atoms with Gasteiger partial charge in [0.25, 0.3) is 5.91 Å². The first kappa shape index (κ1) is 19.5. The van der Waals surface area contributed by atoms with Crippen LogP contribution in [-0.2, 0) is 11.3 Å². The monoisotopic (exact) mass is 408 g/mol. The van der Waals surface area contributed by atoms with Crippen LogP contribution in [0.5, 0.6) is 0 Å². The molecule has 0 radical (unpaired) electrons. The first-order valence-electron chi connectivity index (χ1n) is 9.75. The summed E-state index contributed by atoms with van der Waals surface area (Å²) >= 11 is 1.63. The van der Waals surface area contributed by atoms with Gasteiger partial charge in [-0.05, 0) is 24.3 Å². The number of nitrogens with zero attached hydrogens (tertiary/aromatic N) is 4. The van der Waals surface area contributed by atoms with E-state index in [4.69, 9.17) is 0 Å². The van der Waals surface area contributed by atoms with Crippen LogP contribution in [-0.4, -0.2) is 71.3 Å². The van der Waals surface area contributed by atoms with Crippen LogP contribution in [0.2, 0.25) is 0 Å². The number of benzene rings is 2. The Balaban J connectivity index is 1.27. The highest BCUT2D eigenvalue weighted by atomic mass is 32.1. The predicted octanol–water partition coefficient (Wildman–Crippen LogP) is 2.71. The van der Waals surface area contributed by atoms with E-state index in [0.717, 1.165) is 15.2 Å². The molecule has 1 fully saturated rings. The number of thiazole rings is 1. The topological polar surface area (TPSA) is 56.8 Å². The fourth-order valence-corrected chi connectivity index (χ4v) is 4.48. The molecule has 1 aliphatic heterocycles. The van der Waals surface area contributed by atoms with Gasteiger partial charge in [-0.25, -0.2) is 4.98 Å². The van der Waals surface area contributed by atoms with Gasteiger partial charge < -0.3 is 9.80 Å². The van der Waals surface area contributed by atoms with Crippen molar-refractivity contribution in [2.45, 2.75) is 6.54 Å². The van der Waals surface area contributed by atoms with Gasteiger partial charge in [-0.15, -0.1) is 11.3 Å². The number of fused-ring (bicyclic) bond motifs is 1.